The van der Waals surface area contributed by atoms with Gasteiger partial charge in [0.2, 0.25) is 9.84 Å². The Kier molecular flexibility index (Phi) is 5.74. The molecule has 27 heavy (non-hydrogen) atoms. The minimum Gasteiger partial charge on any atom is -0.492 e. The summed E-state index contributed by atoms with van der Waals surface area (Å²) in [6.07, 6.45) is 0. The van der Waals surface area contributed by atoms with E-state index in [4.69, 9.17) is 9.47 Å². The fourth-order valence-corrected chi connectivity index (χ4v) is 4.57. The topological polar surface area (TPSA) is 59.1 Å². The van der Waals surface area contributed by atoms with Gasteiger partial charge in [-0.05, 0) is 64.6 Å². The van der Waals surface area contributed by atoms with Crippen molar-refractivity contribution in [2.75, 3.05) is 54.5 Å². The van der Waals surface area contributed by atoms with Gasteiger partial charge in [-0.25, -0.2) is 8.42 Å². The number of ether oxygens (including phenoxy) is 2. The summed E-state index contributed by atoms with van der Waals surface area (Å²) in [4.78, 5) is 4.66. The van der Waals surface area contributed by atoms with Gasteiger partial charge in [-0.1, -0.05) is 0 Å². The first-order valence-corrected chi connectivity index (χ1v) is 10.4. The van der Waals surface area contributed by atoms with Crippen molar-refractivity contribution < 1.29 is 17.9 Å². The smallest absolute Gasteiger partial charge is 0.207 e. The first-order chi connectivity index (χ1) is 12.8. The van der Waals surface area contributed by atoms with Crippen molar-refractivity contribution in [3.8, 4) is 22.6 Å². The van der Waals surface area contributed by atoms with Crippen LogP contribution in [0.25, 0.3) is 11.1 Å². The van der Waals surface area contributed by atoms with Crippen LogP contribution in [-0.2, 0) is 9.84 Å². The molecule has 1 aliphatic rings. The molecule has 146 valence electrons. The van der Waals surface area contributed by atoms with E-state index in [1.54, 1.807) is 24.3 Å². The zero-order valence-corrected chi connectivity index (χ0v) is 17.0. The maximum atomic E-state index is 12.9. The lowest BCUT2D eigenvalue weighted by Crippen LogP contribution is -2.19. The molecule has 0 aromatic heterocycles. The lowest BCUT2D eigenvalue weighted by molar-refractivity contribution is 0.261. The van der Waals surface area contributed by atoms with Crippen LogP contribution in [0.4, 0.5) is 0 Å². The normalized spacial score (nSPS) is 14.3. The number of hydrogen-bond acceptors (Lipinski definition) is 6. The average molecular weight is 391 g/mol. The number of nitrogens with zero attached hydrogens (tertiary/aromatic N) is 2. The van der Waals surface area contributed by atoms with E-state index >= 15 is 0 Å². The Hall–Kier alpha value is -2.09. The van der Waals surface area contributed by atoms with Crippen molar-refractivity contribution in [2.45, 2.75) is 9.79 Å². The van der Waals surface area contributed by atoms with Crippen molar-refractivity contribution in [3.63, 3.8) is 0 Å². The fourth-order valence-electron chi connectivity index (χ4n) is 2.89. The van der Waals surface area contributed by atoms with E-state index in [1.165, 1.54) is 0 Å². The van der Waals surface area contributed by atoms with E-state index in [2.05, 4.69) is 0 Å². The van der Waals surface area contributed by atoms with Crippen LogP contribution >= 0.6 is 0 Å². The zero-order valence-electron chi connectivity index (χ0n) is 16.2. The number of hydrogen-bond donors (Lipinski definition) is 0. The van der Waals surface area contributed by atoms with Gasteiger partial charge in [0.05, 0.1) is 9.79 Å². The predicted octanol–water partition coefficient (Wildman–Crippen LogP) is 2.38. The highest BCUT2D eigenvalue weighted by atomic mass is 32.2. The molecule has 2 aromatic carbocycles. The minimum atomic E-state index is -3.53. The molecule has 0 spiro atoms. The molecule has 0 saturated carbocycles. The minimum absolute atomic E-state index is 0.297. The van der Waals surface area contributed by atoms with Crippen LogP contribution < -0.4 is 9.47 Å². The number of benzene rings is 2. The number of rotatable bonds is 8. The van der Waals surface area contributed by atoms with Gasteiger partial charge < -0.3 is 19.3 Å². The number of fused-ring (bicyclic) bond motifs is 3. The molecule has 0 atom stereocenters. The van der Waals surface area contributed by atoms with Crippen molar-refractivity contribution in [3.05, 3.63) is 36.4 Å². The van der Waals surface area contributed by atoms with Crippen LogP contribution in [0, 0.1) is 0 Å². The van der Waals surface area contributed by atoms with Crippen molar-refractivity contribution in [2.24, 2.45) is 0 Å². The van der Waals surface area contributed by atoms with Crippen molar-refractivity contribution >= 4 is 9.84 Å². The molecule has 0 unspecified atom stereocenters. The molecular formula is C20H26N2O4S. The molecule has 3 rings (SSSR count). The monoisotopic (exact) mass is 390 g/mol. The standard InChI is InChI=1S/C20H26N2O4S/c1-21(2)9-11-25-15-6-8-19-18(13-15)17-7-5-16(26-12-10-22(3)4)14-20(17)27(19,23)24/h5-8,13-14H,9-12H2,1-4H3. The molecule has 0 saturated heterocycles. The largest absolute Gasteiger partial charge is 0.492 e. The van der Waals surface area contributed by atoms with Gasteiger partial charge in [0, 0.05) is 24.2 Å². The molecule has 0 radical (unpaired) electrons. The van der Waals surface area contributed by atoms with Crippen molar-refractivity contribution in [1.82, 2.24) is 9.80 Å². The average Bonchev–Trinajstić information content (AvgIpc) is 2.82. The first-order valence-electron chi connectivity index (χ1n) is 8.87. The Morgan fingerprint density at radius 2 is 1.30 bits per heavy atom. The highest BCUT2D eigenvalue weighted by molar-refractivity contribution is 7.92. The summed E-state index contributed by atoms with van der Waals surface area (Å²) in [6, 6.07) is 10.4. The zero-order chi connectivity index (χ0) is 19.6. The Labute approximate surface area is 161 Å². The van der Waals surface area contributed by atoms with E-state index in [0.29, 0.717) is 45.6 Å². The molecule has 0 bridgehead atoms. The lowest BCUT2D eigenvalue weighted by Gasteiger charge is -2.12. The summed E-state index contributed by atoms with van der Waals surface area (Å²) < 4.78 is 37.3. The quantitative estimate of drug-likeness (QED) is 0.589. The lowest BCUT2D eigenvalue weighted by atomic mass is 10.1. The summed E-state index contributed by atoms with van der Waals surface area (Å²) in [7, 11) is 4.35. The highest BCUT2D eigenvalue weighted by Gasteiger charge is 2.33. The maximum absolute atomic E-state index is 12.9. The molecule has 0 aliphatic carbocycles. The van der Waals surface area contributed by atoms with Crippen LogP contribution in [0.3, 0.4) is 0 Å². The summed E-state index contributed by atoms with van der Waals surface area (Å²) in [5.41, 5.74) is 1.38. The Bertz CT molecular complexity index is 924. The predicted molar refractivity (Wildman–Crippen MR) is 105 cm³/mol. The molecule has 6 nitrogen and oxygen atoms in total. The first kappa shape index (κ1) is 19.7. The summed E-state index contributed by atoms with van der Waals surface area (Å²) >= 11 is 0. The second-order valence-corrected chi connectivity index (χ2v) is 9.01. The van der Waals surface area contributed by atoms with Crippen LogP contribution in [-0.4, -0.2) is 72.7 Å². The maximum Gasteiger partial charge on any atom is 0.207 e. The van der Waals surface area contributed by atoms with Gasteiger partial charge >= 0.3 is 0 Å². The number of sulfone groups is 1. The second-order valence-electron chi connectivity index (χ2n) is 7.12. The molecular weight excluding hydrogens is 364 g/mol. The van der Waals surface area contributed by atoms with E-state index in [9.17, 15) is 8.42 Å². The molecule has 0 N–H and O–H groups in total. The van der Waals surface area contributed by atoms with Gasteiger partial charge in [-0.2, -0.15) is 0 Å². The summed E-state index contributed by atoms with van der Waals surface area (Å²) in [6.45, 7) is 2.60. The van der Waals surface area contributed by atoms with Crippen LogP contribution in [0.15, 0.2) is 46.2 Å². The van der Waals surface area contributed by atoms with Gasteiger partial charge in [0.15, 0.2) is 0 Å². The van der Waals surface area contributed by atoms with Crippen LogP contribution in [0.2, 0.25) is 0 Å². The third-order valence-electron chi connectivity index (χ3n) is 4.39. The number of likely N-dealkylation sites (N-methyl/N-ethyl adjacent to an activating group) is 2. The van der Waals surface area contributed by atoms with E-state index in [0.717, 1.165) is 13.1 Å². The van der Waals surface area contributed by atoms with Crippen molar-refractivity contribution in [1.29, 1.82) is 0 Å². The van der Waals surface area contributed by atoms with Gasteiger partial charge in [0.25, 0.3) is 0 Å². The second kappa shape index (κ2) is 7.88. The van der Waals surface area contributed by atoms with Gasteiger partial charge in [-0.15, -0.1) is 0 Å². The third-order valence-corrected chi connectivity index (χ3v) is 6.24. The third kappa shape index (κ3) is 4.26. The molecule has 1 aliphatic heterocycles. The Balaban J connectivity index is 1.86. The van der Waals surface area contributed by atoms with E-state index < -0.39 is 9.84 Å². The van der Waals surface area contributed by atoms with Crippen LogP contribution in [0.1, 0.15) is 0 Å². The van der Waals surface area contributed by atoms with Crippen LogP contribution in [0.5, 0.6) is 11.5 Å². The summed E-state index contributed by atoms with van der Waals surface area (Å²) in [5.74, 6) is 1.24. The fraction of sp³-hybridized carbons (Fsp3) is 0.400. The molecule has 0 amide bonds. The Morgan fingerprint density at radius 3 is 1.89 bits per heavy atom. The SMILES string of the molecule is CN(C)CCOc1ccc2c(c1)-c1ccc(OCCN(C)C)cc1S2(=O)=O. The van der Waals surface area contributed by atoms with E-state index in [1.807, 2.05) is 50.1 Å². The van der Waals surface area contributed by atoms with Gasteiger partial charge in [0.1, 0.15) is 24.7 Å². The molecule has 7 heteroatoms. The molecule has 2 aromatic rings. The van der Waals surface area contributed by atoms with E-state index in [-0.39, 0.29) is 0 Å². The molecule has 1 heterocycles. The Morgan fingerprint density at radius 1 is 0.741 bits per heavy atom. The summed E-state index contributed by atoms with van der Waals surface area (Å²) in [5, 5.41) is 0. The highest BCUT2D eigenvalue weighted by Crippen LogP contribution is 2.45. The molecule has 0 fully saturated rings. The van der Waals surface area contributed by atoms with Gasteiger partial charge in [-0.3, -0.25) is 0 Å².